The summed E-state index contributed by atoms with van der Waals surface area (Å²) in [6.07, 6.45) is 4.79. The van der Waals surface area contributed by atoms with Gasteiger partial charge in [-0.2, -0.15) is 0 Å². The van der Waals surface area contributed by atoms with E-state index in [0.717, 1.165) is 16.9 Å². The summed E-state index contributed by atoms with van der Waals surface area (Å²) >= 11 is 0. The van der Waals surface area contributed by atoms with Gasteiger partial charge in [0.2, 0.25) is 0 Å². The van der Waals surface area contributed by atoms with Crippen LogP contribution in [-0.4, -0.2) is 47.9 Å². The Morgan fingerprint density at radius 2 is 1.85 bits per heavy atom. The molecule has 0 unspecified atom stereocenters. The first-order valence-corrected chi connectivity index (χ1v) is 9.41. The molecule has 0 aliphatic carbocycles. The van der Waals surface area contributed by atoms with Crippen molar-refractivity contribution >= 4 is 17.3 Å². The average molecular weight is 367 g/mol. The minimum atomic E-state index is -0.471. The van der Waals surface area contributed by atoms with E-state index in [4.69, 9.17) is 9.47 Å². The van der Waals surface area contributed by atoms with Crippen LogP contribution in [0.2, 0.25) is 0 Å². The molecule has 0 saturated carbocycles. The first-order valence-electron chi connectivity index (χ1n) is 9.41. The van der Waals surface area contributed by atoms with Gasteiger partial charge in [-0.3, -0.25) is 9.78 Å². The molecule has 0 bridgehead atoms. The zero-order valence-electron chi connectivity index (χ0n) is 15.8. The number of aryl methyl sites for hydroxylation is 2. The van der Waals surface area contributed by atoms with Crippen molar-refractivity contribution in [2.75, 3.05) is 31.6 Å². The van der Waals surface area contributed by atoms with E-state index in [2.05, 4.69) is 36.3 Å². The molecule has 3 heterocycles. The summed E-state index contributed by atoms with van der Waals surface area (Å²) in [5.74, 6) is -0.471. The Hall–Kier alpha value is -2.44. The second-order valence-electron chi connectivity index (χ2n) is 7.31. The third kappa shape index (κ3) is 3.82. The Balaban J connectivity index is 1.45. The van der Waals surface area contributed by atoms with Crippen molar-refractivity contribution in [1.82, 2.24) is 9.88 Å². The highest BCUT2D eigenvalue weighted by atomic mass is 16.7. The fraction of sp³-hybridized carbons (Fsp3) is 0.429. The molecule has 27 heavy (non-hydrogen) atoms. The molecule has 4 rings (SSSR count). The number of benzene rings is 1. The predicted octanol–water partition coefficient (Wildman–Crippen LogP) is 3.42. The highest BCUT2D eigenvalue weighted by Crippen LogP contribution is 2.32. The maximum absolute atomic E-state index is 12.9. The molecule has 1 N–H and O–H groups in total. The lowest BCUT2D eigenvalue weighted by atomic mass is 10.0. The molecule has 2 aliphatic rings. The van der Waals surface area contributed by atoms with Crippen molar-refractivity contribution in [3.05, 3.63) is 53.3 Å². The molecule has 6 heteroatoms. The van der Waals surface area contributed by atoms with Crippen LogP contribution in [0.4, 0.5) is 11.4 Å². The maximum Gasteiger partial charge on any atom is 0.255 e. The van der Waals surface area contributed by atoms with E-state index < -0.39 is 5.79 Å². The minimum Gasteiger partial charge on any atom is -0.354 e. The molecule has 2 aromatic rings. The molecule has 1 aromatic heterocycles. The number of hydrogen-bond donors (Lipinski definition) is 1. The summed E-state index contributed by atoms with van der Waals surface area (Å²) in [4.78, 5) is 19.0. The Labute approximate surface area is 159 Å². The van der Waals surface area contributed by atoms with Gasteiger partial charge in [0.05, 0.1) is 30.7 Å². The van der Waals surface area contributed by atoms with Gasteiger partial charge in [0.1, 0.15) is 0 Å². The van der Waals surface area contributed by atoms with Crippen molar-refractivity contribution in [3.63, 3.8) is 0 Å². The van der Waals surface area contributed by atoms with Crippen molar-refractivity contribution in [3.8, 4) is 0 Å². The number of nitrogens with zero attached hydrogens (tertiary/aromatic N) is 2. The van der Waals surface area contributed by atoms with Gasteiger partial charge < -0.3 is 19.7 Å². The van der Waals surface area contributed by atoms with E-state index in [1.807, 2.05) is 17.0 Å². The quantitative estimate of drug-likeness (QED) is 0.901. The number of ether oxygens (including phenoxy) is 2. The normalized spacial score (nSPS) is 18.7. The molecular weight excluding hydrogens is 342 g/mol. The molecule has 2 saturated heterocycles. The van der Waals surface area contributed by atoms with E-state index in [9.17, 15) is 4.79 Å². The van der Waals surface area contributed by atoms with E-state index in [1.54, 1.807) is 12.4 Å². The van der Waals surface area contributed by atoms with Gasteiger partial charge in [0.25, 0.3) is 5.91 Å². The predicted molar refractivity (Wildman–Crippen MR) is 103 cm³/mol. The summed E-state index contributed by atoms with van der Waals surface area (Å²) in [6, 6.07) is 8.10. The SMILES string of the molecule is Cc1ccc(Nc2cncc(C(=O)N3CCC4(CC3)OCCO4)c2)c(C)c1. The minimum absolute atomic E-state index is 0.000347. The highest BCUT2D eigenvalue weighted by molar-refractivity contribution is 5.95. The number of carbonyl (C=O) groups excluding carboxylic acids is 1. The number of rotatable bonds is 3. The van der Waals surface area contributed by atoms with Crippen molar-refractivity contribution < 1.29 is 14.3 Å². The number of amides is 1. The van der Waals surface area contributed by atoms with Gasteiger partial charge in [-0.25, -0.2) is 0 Å². The van der Waals surface area contributed by atoms with Gasteiger partial charge in [0.15, 0.2) is 5.79 Å². The van der Waals surface area contributed by atoms with Gasteiger partial charge in [0, 0.05) is 37.8 Å². The van der Waals surface area contributed by atoms with E-state index in [-0.39, 0.29) is 5.91 Å². The zero-order valence-corrected chi connectivity index (χ0v) is 15.8. The Morgan fingerprint density at radius 1 is 1.11 bits per heavy atom. The third-order valence-corrected chi connectivity index (χ3v) is 5.27. The number of aromatic nitrogens is 1. The second-order valence-corrected chi connectivity index (χ2v) is 7.31. The van der Waals surface area contributed by atoms with E-state index in [0.29, 0.717) is 44.7 Å². The standard InChI is InChI=1S/C21H25N3O3/c1-15-3-4-19(16(2)11-15)23-18-12-17(13-22-14-18)20(25)24-7-5-21(6-8-24)26-9-10-27-21/h3-4,11-14,23H,5-10H2,1-2H3. The highest BCUT2D eigenvalue weighted by Gasteiger charge is 2.40. The fourth-order valence-corrected chi connectivity index (χ4v) is 3.75. The summed E-state index contributed by atoms with van der Waals surface area (Å²) < 4.78 is 11.5. The monoisotopic (exact) mass is 367 g/mol. The van der Waals surface area contributed by atoms with Crippen LogP contribution in [0.1, 0.15) is 34.3 Å². The lowest BCUT2D eigenvalue weighted by Gasteiger charge is -2.37. The lowest BCUT2D eigenvalue weighted by molar-refractivity contribution is -0.181. The molecule has 0 atom stereocenters. The number of pyridine rings is 1. The third-order valence-electron chi connectivity index (χ3n) is 5.27. The number of piperidine rings is 1. The van der Waals surface area contributed by atoms with Crippen LogP contribution in [-0.2, 0) is 9.47 Å². The summed E-state index contributed by atoms with van der Waals surface area (Å²) in [5.41, 5.74) is 4.79. The Kier molecular flexibility index (Phi) is 4.85. The smallest absolute Gasteiger partial charge is 0.255 e. The van der Waals surface area contributed by atoms with Crippen LogP contribution in [0.25, 0.3) is 0 Å². The fourth-order valence-electron chi connectivity index (χ4n) is 3.75. The lowest BCUT2D eigenvalue weighted by Crippen LogP contribution is -2.47. The number of hydrogen-bond acceptors (Lipinski definition) is 5. The molecule has 0 radical (unpaired) electrons. The average Bonchev–Trinajstić information content (AvgIpc) is 3.12. The Morgan fingerprint density at radius 3 is 2.56 bits per heavy atom. The summed E-state index contributed by atoms with van der Waals surface area (Å²) in [7, 11) is 0. The van der Waals surface area contributed by atoms with Gasteiger partial charge in [-0.05, 0) is 31.5 Å². The van der Waals surface area contributed by atoms with Gasteiger partial charge in [-0.15, -0.1) is 0 Å². The van der Waals surface area contributed by atoms with E-state index in [1.165, 1.54) is 5.56 Å². The first-order chi connectivity index (χ1) is 13.0. The van der Waals surface area contributed by atoms with Crippen LogP contribution < -0.4 is 5.32 Å². The topological polar surface area (TPSA) is 63.7 Å². The summed E-state index contributed by atoms with van der Waals surface area (Å²) in [6.45, 7) is 6.69. The molecule has 2 fully saturated rings. The van der Waals surface area contributed by atoms with Crippen LogP contribution in [0, 0.1) is 13.8 Å². The largest absolute Gasteiger partial charge is 0.354 e. The van der Waals surface area contributed by atoms with E-state index >= 15 is 0 Å². The van der Waals surface area contributed by atoms with Gasteiger partial charge >= 0.3 is 0 Å². The molecular formula is C21H25N3O3. The molecule has 142 valence electrons. The van der Waals surface area contributed by atoms with Crippen LogP contribution in [0.15, 0.2) is 36.7 Å². The molecule has 2 aliphatic heterocycles. The Bertz CT molecular complexity index is 836. The summed E-state index contributed by atoms with van der Waals surface area (Å²) in [5, 5.41) is 3.36. The van der Waals surface area contributed by atoms with Crippen molar-refractivity contribution in [2.45, 2.75) is 32.5 Å². The van der Waals surface area contributed by atoms with Gasteiger partial charge in [-0.1, -0.05) is 17.7 Å². The van der Waals surface area contributed by atoms with Crippen LogP contribution in [0.3, 0.4) is 0 Å². The maximum atomic E-state index is 12.9. The van der Waals surface area contributed by atoms with Crippen molar-refractivity contribution in [1.29, 1.82) is 0 Å². The zero-order chi connectivity index (χ0) is 18.9. The first kappa shape index (κ1) is 17.9. The number of likely N-dealkylation sites (tertiary alicyclic amines) is 1. The molecule has 1 spiro atoms. The number of anilines is 2. The molecule has 1 amide bonds. The number of nitrogens with one attached hydrogen (secondary N) is 1. The second kappa shape index (κ2) is 7.29. The van der Waals surface area contributed by atoms with Crippen molar-refractivity contribution in [2.24, 2.45) is 0 Å². The van der Waals surface area contributed by atoms with Crippen LogP contribution >= 0.6 is 0 Å². The molecule has 1 aromatic carbocycles. The number of carbonyl (C=O) groups is 1. The molecule has 6 nitrogen and oxygen atoms in total. The van der Waals surface area contributed by atoms with Crippen LogP contribution in [0.5, 0.6) is 0 Å².